The average Bonchev–Trinajstić information content (AvgIpc) is 3.36. The number of H-pyrrole nitrogens is 1. The molecule has 2 aromatic carbocycles. The minimum atomic E-state index is -0.140. The Morgan fingerprint density at radius 2 is 1.85 bits per heavy atom. The van der Waals surface area contributed by atoms with E-state index < -0.39 is 0 Å². The molecule has 172 valence electrons. The molecule has 0 saturated carbocycles. The number of ether oxygens (including phenoxy) is 3. The SMILES string of the molecule is O=c1[nH]c2cc3c(cc2cc1CN(Cc1ccccc1)C(=S)NCC1CCCO1)OCCO3. The molecule has 0 bridgehead atoms. The van der Waals surface area contributed by atoms with E-state index >= 15 is 0 Å². The van der Waals surface area contributed by atoms with Crippen LogP contribution in [0, 0.1) is 0 Å². The molecule has 0 spiro atoms. The maximum Gasteiger partial charge on any atom is 0.253 e. The Morgan fingerprint density at radius 1 is 1.06 bits per heavy atom. The van der Waals surface area contributed by atoms with E-state index in [1.54, 1.807) is 0 Å². The van der Waals surface area contributed by atoms with Crippen LogP contribution in [0.5, 0.6) is 11.5 Å². The standard InChI is InChI=1S/C25H27N3O4S/c29-24-19(11-18-12-22-23(13-21(18)27-24)32-10-9-31-22)16-28(15-17-5-2-1-3-6-17)25(33)26-14-20-7-4-8-30-20/h1-3,5-6,11-13,20H,4,7-10,14-16H2,(H,26,33)(H,27,29). The molecule has 1 fully saturated rings. The molecule has 0 aliphatic carbocycles. The van der Waals surface area contributed by atoms with E-state index in [1.807, 2.05) is 41.3 Å². The summed E-state index contributed by atoms with van der Waals surface area (Å²) in [5.41, 5.74) is 2.34. The van der Waals surface area contributed by atoms with Gasteiger partial charge in [0, 0.05) is 36.7 Å². The summed E-state index contributed by atoms with van der Waals surface area (Å²) in [6, 6.07) is 15.8. The van der Waals surface area contributed by atoms with Crippen molar-refractivity contribution in [3.05, 3.63) is 70.0 Å². The fourth-order valence-electron chi connectivity index (χ4n) is 4.23. The number of pyridine rings is 1. The highest BCUT2D eigenvalue weighted by atomic mass is 32.1. The maximum absolute atomic E-state index is 12.9. The Bertz CT molecular complexity index is 1190. The van der Waals surface area contributed by atoms with Crippen molar-refractivity contribution in [2.24, 2.45) is 0 Å². The van der Waals surface area contributed by atoms with E-state index in [0.29, 0.717) is 55.0 Å². The largest absolute Gasteiger partial charge is 0.486 e. The smallest absolute Gasteiger partial charge is 0.253 e. The summed E-state index contributed by atoms with van der Waals surface area (Å²) in [7, 11) is 0. The fourth-order valence-corrected chi connectivity index (χ4v) is 4.45. The van der Waals surface area contributed by atoms with Gasteiger partial charge in [-0.15, -0.1) is 0 Å². The Morgan fingerprint density at radius 3 is 2.61 bits per heavy atom. The summed E-state index contributed by atoms with van der Waals surface area (Å²) in [6.45, 7) is 3.47. The maximum atomic E-state index is 12.9. The van der Waals surface area contributed by atoms with Crippen LogP contribution in [0.15, 0.2) is 53.3 Å². The lowest BCUT2D eigenvalue weighted by atomic mass is 10.1. The van der Waals surface area contributed by atoms with Gasteiger partial charge in [0.05, 0.1) is 18.2 Å². The summed E-state index contributed by atoms with van der Waals surface area (Å²) in [4.78, 5) is 18.0. The number of hydrogen-bond acceptors (Lipinski definition) is 5. The monoisotopic (exact) mass is 465 g/mol. The van der Waals surface area contributed by atoms with Crippen molar-refractivity contribution in [2.75, 3.05) is 26.4 Å². The molecule has 3 heterocycles. The van der Waals surface area contributed by atoms with Gasteiger partial charge in [0.15, 0.2) is 16.6 Å². The number of aromatic amines is 1. The first-order valence-electron chi connectivity index (χ1n) is 11.3. The zero-order chi connectivity index (χ0) is 22.6. The van der Waals surface area contributed by atoms with Gasteiger partial charge in [-0.25, -0.2) is 0 Å². The van der Waals surface area contributed by atoms with Crippen LogP contribution >= 0.6 is 12.2 Å². The minimum Gasteiger partial charge on any atom is -0.486 e. The number of aromatic nitrogens is 1. The predicted molar refractivity (Wildman–Crippen MR) is 131 cm³/mol. The Balaban J connectivity index is 1.40. The number of thiocarbonyl (C=S) groups is 1. The first-order chi connectivity index (χ1) is 16.2. The van der Waals surface area contributed by atoms with Gasteiger partial charge in [0.1, 0.15) is 13.2 Å². The van der Waals surface area contributed by atoms with E-state index in [0.717, 1.165) is 35.9 Å². The van der Waals surface area contributed by atoms with Crippen LogP contribution in [0.3, 0.4) is 0 Å². The number of nitrogens with zero attached hydrogens (tertiary/aromatic N) is 1. The molecule has 8 heteroatoms. The molecule has 33 heavy (non-hydrogen) atoms. The van der Waals surface area contributed by atoms with Gasteiger partial charge in [-0.1, -0.05) is 30.3 Å². The molecule has 1 aromatic heterocycles. The quantitative estimate of drug-likeness (QED) is 0.541. The van der Waals surface area contributed by atoms with Crippen LogP contribution in [0.25, 0.3) is 10.9 Å². The van der Waals surface area contributed by atoms with Crippen LogP contribution in [0.1, 0.15) is 24.0 Å². The van der Waals surface area contributed by atoms with Crippen molar-refractivity contribution in [2.45, 2.75) is 32.0 Å². The van der Waals surface area contributed by atoms with Crippen molar-refractivity contribution in [1.82, 2.24) is 15.2 Å². The molecule has 3 aromatic rings. The molecule has 2 N–H and O–H groups in total. The molecule has 1 atom stereocenters. The number of nitrogens with one attached hydrogen (secondary N) is 2. The molecular formula is C25H27N3O4S. The number of benzene rings is 2. The molecule has 0 amide bonds. The first kappa shape index (κ1) is 21.7. The summed E-state index contributed by atoms with van der Waals surface area (Å²) in [5.74, 6) is 1.35. The molecule has 1 unspecified atom stereocenters. The highest BCUT2D eigenvalue weighted by molar-refractivity contribution is 7.80. The van der Waals surface area contributed by atoms with Crippen LogP contribution in [-0.2, 0) is 17.8 Å². The lowest BCUT2D eigenvalue weighted by Crippen LogP contribution is -2.42. The average molecular weight is 466 g/mol. The number of rotatable bonds is 6. The van der Waals surface area contributed by atoms with Gasteiger partial charge in [0.25, 0.3) is 5.56 Å². The van der Waals surface area contributed by atoms with Crippen molar-refractivity contribution in [1.29, 1.82) is 0 Å². The highest BCUT2D eigenvalue weighted by Gasteiger charge is 2.19. The zero-order valence-corrected chi connectivity index (χ0v) is 19.2. The normalized spacial score (nSPS) is 17.2. The van der Waals surface area contributed by atoms with Crippen molar-refractivity contribution in [3.8, 4) is 11.5 Å². The molecule has 0 radical (unpaired) electrons. The second kappa shape index (κ2) is 9.80. The Hall–Kier alpha value is -3.10. The van der Waals surface area contributed by atoms with Gasteiger partial charge in [-0.05, 0) is 42.8 Å². The Labute approximate surface area is 197 Å². The van der Waals surface area contributed by atoms with Crippen molar-refractivity contribution in [3.63, 3.8) is 0 Å². The van der Waals surface area contributed by atoms with Gasteiger partial charge < -0.3 is 29.4 Å². The predicted octanol–water partition coefficient (Wildman–Crippen LogP) is 3.36. The molecule has 2 aliphatic rings. The fraction of sp³-hybridized carbons (Fsp3) is 0.360. The second-order valence-electron chi connectivity index (χ2n) is 8.37. The third-order valence-corrected chi connectivity index (χ3v) is 6.36. The Kier molecular flexibility index (Phi) is 6.46. The van der Waals surface area contributed by atoms with Crippen LogP contribution in [0.4, 0.5) is 0 Å². The van der Waals surface area contributed by atoms with Gasteiger partial charge in [0.2, 0.25) is 0 Å². The van der Waals surface area contributed by atoms with E-state index in [1.165, 1.54) is 0 Å². The molecule has 1 saturated heterocycles. The van der Waals surface area contributed by atoms with Crippen LogP contribution in [-0.4, -0.2) is 47.5 Å². The van der Waals surface area contributed by atoms with Gasteiger partial charge >= 0.3 is 0 Å². The lowest BCUT2D eigenvalue weighted by molar-refractivity contribution is 0.113. The van der Waals surface area contributed by atoms with Crippen LogP contribution < -0.4 is 20.3 Å². The first-order valence-corrected chi connectivity index (χ1v) is 11.7. The lowest BCUT2D eigenvalue weighted by Gasteiger charge is -2.27. The topological polar surface area (TPSA) is 75.8 Å². The van der Waals surface area contributed by atoms with Crippen molar-refractivity contribution >= 4 is 28.2 Å². The number of fused-ring (bicyclic) bond motifs is 2. The molecule has 7 nitrogen and oxygen atoms in total. The van der Waals surface area contributed by atoms with Crippen LogP contribution in [0.2, 0.25) is 0 Å². The summed E-state index contributed by atoms with van der Waals surface area (Å²) < 4.78 is 17.1. The third kappa shape index (κ3) is 5.12. The van der Waals surface area contributed by atoms with E-state index in [2.05, 4.69) is 22.4 Å². The van der Waals surface area contributed by atoms with E-state index in [4.69, 9.17) is 26.4 Å². The molecule has 2 aliphatic heterocycles. The summed E-state index contributed by atoms with van der Waals surface area (Å²) in [5, 5.41) is 4.85. The summed E-state index contributed by atoms with van der Waals surface area (Å²) >= 11 is 5.74. The number of hydrogen-bond donors (Lipinski definition) is 2. The highest BCUT2D eigenvalue weighted by Crippen LogP contribution is 2.33. The third-order valence-electron chi connectivity index (χ3n) is 5.95. The van der Waals surface area contributed by atoms with Crippen molar-refractivity contribution < 1.29 is 14.2 Å². The van der Waals surface area contributed by atoms with Gasteiger partial charge in [-0.3, -0.25) is 4.79 Å². The zero-order valence-electron chi connectivity index (χ0n) is 18.3. The van der Waals surface area contributed by atoms with Gasteiger partial charge in [-0.2, -0.15) is 0 Å². The van der Waals surface area contributed by atoms with E-state index in [9.17, 15) is 4.79 Å². The second-order valence-corrected chi connectivity index (χ2v) is 8.76. The van der Waals surface area contributed by atoms with E-state index in [-0.39, 0.29) is 11.7 Å². The minimum absolute atomic E-state index is 0.140. The summed E-state index contributed by atoms with van der Waals surface area (Å²) in [6.07, 6.45) is 2.30. The molecule has 5 rings (SSSR count). The molecular weight excluding hydrogens is 438 g/mol.